The molecule has 3 rings (SSSR count). The highest BCUT2D eigenvalue weighted by atomic mass is 32.2. The second-order valence-electron chi connectivity index (χ2n) is 7.68. The molecule has 11 heteroatoms. The van der Waals surface area contributed by atoms with E-state index >= 15 is 0 Å². The predicted molar refractivity (Wildman–Crippen MR) is 118 cm³/mol. The van der Waals surface area contributed by atoms with E-state index in [0.29, 0.717) is 12.6 Å². The zero-order valence-electron chi connectivity index (χ0n) is 18.2. The van der Waals surface area contributed by atoms with Crippen molar-refractivity contribution in [1.29, 1.82) is 0 Å². The molecule has 3 amide bonds. The predicted octanol–water partition coefficient (Wildman–Crippen LogP) is 2.03. The Morgan fingerprint density at radius 2 is 1.70 bits per heavy atom. The van der Waals surface area contributed by atoms with Gasteiger partial charge in [0.25, 0.3) is 0 Å². The fourth-order valence-electron chi connectivity index (χ4n) is 3.50. The lowest BCUT2D eigenvalue weighted by Gasteiger charge is -2.34. The zero-order valence-corrected chi connectivity index (χ0v) is 19.0. The number of amides is 3. The van der Waals surface area contributed by atoms with Gasteiger partial charge in [-0.25, -0.2) is 22.0 Å². The summed E-state index contributed by atoms with van der Waals surface area (Å²) in [5.74, 6) is -2.23. The van der Waals surface area contributed by atoms with Gasteiger partial charge in [0.15, 0.2) is 0 Å². The number of nitrogens with one attached hydrogen (secondary N) is 1. The average molecular weight is 481 g/mol. The summed E-state index contributed by atoms with van der Waals surface area (Å²) >= 11 is 0. The van der Waals surface area contributed by atoms with Crippen LogP contribution in [0.5, 0.6) is 0 Å². The number of halogens is 2. The van der Waals surface area contributed by atoms with Crippen molar-refractivity contribution in [2.75, 3.05) is 39.8 Å². The van der Waals surface area contributed by atoms with E-state index in [1.54, 1.807) is 7.05 Å². The van der Waals surface area contributed by atoms with Gasteiger partial charge in [-0.1, -0.05) is 30.3 Å². The molecule has 0 saturated carbocycles. The number of hydrogen-bond donors (Lipinski definition) is 1. The van der Waals surface area contributed by atoms with Gasteiger partial charge in [0.1, 0.15) is 16.5 Å². The minimum Gasteiger partial charge on any atom is -0.340 e. The molecule has 8 nitrogen and oxygen atoms in total. The third kappa shape index (κ3) is 6.26. The maximum absolute atomic E-state index is 13.9. The van der Waals surface area contributed by atoms with Crippen LogP contribution < -0.4 is 5.32 Å². The number of hydrogen-bond acceptors (Lipinski definition) is 4. The van der Waals surface area contributed by atoms with Crippen LogP contribution in [-0.4, -0.2) is 74.2 Å². The van der Waals surface area contributed by atoms with Gasteiger partial charge in [0, 0.05) is 58.8 Å². The molecule has 0 atom stereocenters. The minimum absolute atomic E-state index is 0.00291. The van der Waals surface area contributed by atoms with Crippen molar-refractivity contribution in [2.24, 2.45) is 0 Å². The SMILES string of the molecule is CN(Cc1ccccc1)C(=O)NCCC(=O)N1CCN(S(=O)(=O)c2ccc(F)cc2F)CC1. The van der Waals surface area contributed by atoms with Crippen molar-refractivity contribution >= 4 is 22.0 Å². The van der Waals surface area contributed by atoms with Gasteiger partial charge in [0.2, 0.25) is 15.9 Å². The highest BCUT2D eigenvalue weighted by Crippen LogP contribution is 2.21. The number of piperazine rings is 1. The Bertz CT molecular complexity index is 1090. The van der Waals surface area contributed by atoms with Crippen molar-refractivity contribution in [3.63, 3.8) is 0 Å². The summed E-state index contributed by atoms with van der Waals surface area (Å²) in [5, 5.41) is 2.70. The summed E-state index contributed by atoms with van der Waals surface area (Å²) < 4.78 is 53.4. The summed E-state index contributed by atoms with van der Waals surface area (Å²) in [7, 11) is -2.47. The summed E-state index contributed by atoms with van der Waals surface area (Å²) in [5.41, 5.74) is 0.986. The molecular weight excluding hydrogens is 454 g/mol. The van der Waals surface area contributed by atoms with Crippen LogP contribution in [-0.2, 0) is 21.4 Å². The number of benzene rings is 2. The molecule has 2 aromatic carbocycles. The van der Waals surface area contributed by atoms with Crippen LogP contribution in [0.2, 0.25) is 0 Å². The van der Waals surface area contributed by atoms with Gasteiger partial charge in [0.05, 0.1) is 0 Å². The highest BCUT2D eigenvalue weighted by molar-refractivity contribution is 7.89. The number of carbonyl (C=O) groups excluding carboxylic acids is 2. The van der Waals surface area contributed by atoms with E-state index in [2.05, 4.69) is 5.32 Å². The number of carbonyl (C=O) groups is 2. The minimum atomic E-state index is -4.13. The topological polar surface area (TPSA) is 90.0 Å². The molecule has 1 N–H and O–H groups in total. The summed E-state index contributed by atoms with van der Waals surface area (Å²) in [6.07, 6.45) is 0.0737. The van der Waals surface area contributed by atoms with Crippen LogP contribution in [0.1, 0.15) is 12.0 Å². The van der Waals surface area contributed by atoms with Gasteiger partial charge in [-0.3, -0.25) is 4.79 Å². The molecular formula is C22H26F2N4O4S. The Morgan fingerprint density at radius 1 is 1.03 bits per heavy atom. The average Bonchev–Trinajstić information content (AvgIpc) is 2.79. The molecule has 0 radical (unpaired) electrons. The summed E-state index contributed by atoms with van der Waals surface area (Å²) in [6.45, 7) is 0.862. The van der Waals surface area contributed by atoms with Crippen LogP contribution in [0.25, 0.3) is 0 Å². The van der Waals surface area contributed by atoms with E-state index in [-0.39, 0.29) is 51.1 Å². The Labute approximate surface area is 191 Å². The third-order valence-electron chi connectivity index (χ3n) is 5.33. The zero-order chi connectivity index (χ0) is 24.0. The first-order valence-corrected chi connectivity index (χ1v) is 11.9. The van der Waals surface area contributed by atoms with Gasteiger partial charge < -0.3 is 15.1 Å². The smallest absolute Gasteiger partial charge is 0.317 e. The Morgan fingerprint density at radius 3 is 2.33 bits per heavy atom. The molecule has 0 aliphatic carbocycles. The van der Waals surface area contributed by atoms with Gasteiger partial charge in [-0.15, -0.1) is 0 Å². The first-order chi connectivity index (χ1) is 15.7. The third-order valence-corrected chi connectivity index (χ3v) is 7.26. The highest BCUT2D eigenvalue weighted by Gasteiger charge is 2.32. The van der Waals surface area contributed by atoms with Crippen molar-refractivity contribution < 1.29 is 26.8 Å². The summed E-state index contributed by atoms with van der Waals surface area (Å²) in [6, 6.07) is 11.5. The molecule has 1 heterocycles. The van der Waals surface area contributed by atoms with Crippen LogP contribution in [0.3, 0.4) is 0 Å². The lowest BCUT2D eigenvalue weighted by Crippen LogP contribution is -2.51. The normalized spacial score (nSPS) is 14.7. The fraction of sp³-hybridized carbons (Fsp3) is 0.364. The van der Waals surface area contributed by atoms with Crippen LogP contribution in [0.15, 0.2) is 53.4 Å². The van der Waals surface area contributed by atoms with E-state index in [9.17, 15) is 26.8 Å². The first kappa shape index (κ1) is 24.6. The lowest BCUT2D eigenvalue weighted by molar-refractivity contribution is -0.132. The molecule has 0 unspecified atom stereocenters. The van der Waals surface area contributed by atoms with Crippen LogP contribution in [0, 0.1) is 11.6 Å². The number of sulfonamides is 1. The molecule has 2 aromatic rings. The number of urea groups is 1. The van der Waals surface area contributed by atoms with Gasteiger partial charge in [-0.05, 0) is 17.7 Å². The van der Waals surface area contributed by atoms with E-state index in [4.69, 9.17) is 0 Å². The summed E-state index contributed by atoms with van der Waals surface area (Å²) in [4.78, 5) is 27.1. The maximum atomic E-state index is 13.9. The van der Waals surface area contributed by atoms with Crippen molar-refractivity contribution in [3.8, 4) is 0 Å². The Kier molecular flexibility index (Phi) is 7.98. The largest absolute Gasteiger partial charge is 0.340 e. The molecule has 178 valence electrons. The van der Waals surface area contributed by atoms with Crippen molar-refractivity contribution in [1.82, 2.24) is 19.4 Å². The quantitative estimate of drug-likeness (QED) is 0.657. The van der Waals surface area contributed by atoms with Gasteiger partial charge in [-0.2, -0.15) is 4.31 Å². The van der Waals surface area contributed by atoms with Crippen LogP contribution in [0.4, 0.5) is 13.6 Å². The number of rotatable bonds is 7. The van der Waals surface area contributed by atoms with E-state index in [1.165, 1.54) is 9.80 Å². The maximum Gasteiger partial charge on any atom is 0.317 e. The van der Waals surface area contributed by atoms with E-state index < -0.39 is 26.6 Å². The van der Waals surface area contributed by atoms with Crippen molar-refractivity contribution in [2.45, 2.75) is 17.9 Å². The second-order valence-corrected chi connectivity index (χ2v) is 9.59. The second kappa shape index (κ2) is 10.7. The Balaban J connectivity index is 1.44. The molecule has 0 spiro atoms. The molecule has 1 fully saturated rings. The Hall–Kier alpha value is -3.05. The van der Waals surface area contributed by atoms with E-state index in [0.717, 1.165) is 22.0 Å². The molecule has 0 aromatic heterocycles. The molecule has 0 bridgehead atoms. The fourth-order valence-corrected chi connectivity index (χ4v) is 4.97. The van der Waals surface area contributed by atoms with Crippen molar-refractivity contribution in [3.05, 3.63) is 65.7 Å². The van der Waals surface area contributed by atoms with Gasteiger partial charge >= 0.3 is 6.03 Å². The molecule has 1 aliphatic rings. The first-order valence-electron chi connectivity index (χ1n) is 10.4. The monoisotopic (exact) mass is 480 g/mol. The number of nitrogens with zero attached hydrogens (tertiary/aromatic N) is 3. The van der Waals surface area contributed by atoms with Crippen LogP contribution >= 0.6 is 0 Å². The standard InChI is InChI=1S/C22H26F2N4O4S/c1-26(16-17-5-3-2-4-6-17)22(30)25-10-9-21(29)27-11-13-28(14-12-27)33(31,32)20-8-7-18(23)15-19(20)24/h2-8,15H,9-14,16H2,1H3,(H,25,30). The molecule has 1 saturated heterocycles. The molecule has 1 aliphatic heterocycles. The lowest BCUT2D eigenvalue weighted by atomic mass is 10.2. The van der Waals surface area contributed by atoms with E-state index in [1.807, 2.05) is 30.3 Å². The molecule has 33 heavy (non-hydrogen) atoms.